The van der Waals surface area contributed by atoms with Gasteiger partial charge in [-0.3, -0.25) is 4.79 Å². The summed E-state index contributed by atoms with van der Waals surface area (Å²) in [5, 5.41) is 2.97. The van der Waals surface area contributed by atoms with Gasteiger partial charge in [0.15, 0.2) is 9.84 Å². The van der Waals surface area contributed by atoms with E-state index < -0.39 is 15.3 Å². The lowest BCUT2D eigenvalue weighted by atomic mass is 9.85. The van der Waals surface area contributed by atoms with E-state index in [1.54, 1.807) is 18.2 Å². The van der Waals surface area contributed by atoms with Gasteiger partial charge in [0.2, 0.25) is 5.91 Å². The highest BCUT2D eigenvalue weighted by atomic mass is 32.2. The molecule has 0 spiro atoms. The van der Waals surface area contributed by atoms with E-state index in [4.69, 9.17) is 0 Å². The van der Waals surface area contributed by atoms with Crippen LogP contribution in [0.3, 0.4) is 0 Å². The average molecular weight is 386 g/mol. The molecule has 1 amide bonds. The summed E-state index contributed by atoms with van der Waals surface area (Å²) in [6.45, 7) is 8.36. The molecule has 0 heterocycles. The summed E-state index contributed by atoms with van der Waals surface area (Å²) in [5.74, 6) is -0.0697. The second-order valence-corrected chi connectivity index (χ2v) is 10.6. The Kier molecular flexibility index (Phi) is 4.71. The predicted octanol–water partition coefficient (Wildman–Crippen LogP) is 4.37. The zero-order chi connectivity index (χ0) is 20.0. The number of amides is 1. The van der Waals surface area contributed by atoms with Gasteiger partial charge in [0.25, 0.3) is 0 Å². The molecule has 1 fully saturated rings. The Hall–Kier alpha value is -2.14. The van der Waals surface area contributed by atoms with Crippen molar-refractivity contribution in [2.75, 3.05) is 11.6 Å². The van der Waals surface area contributed by atoms with Crippen molar-refractivity contribution in [3.63, 3.8) is 0 Å². The molecule has 144 valence electrons. The highest BCUT2D eigenvalue weighted by Crippen LogP contribution is 2.49. The monoisotopic (exact) mass is 385 g/mol. The van der Waals surface area contributed by atoms with E-state index in [-0.39, 0.29) is 16.2 Å². The molecule has 0 aliphatic heterocycles. The minimum atomic E-state index is -3.32. The van der Waals surface area contributed by atoms with Crippen molar-refractivity contribution < 1.29 is 13.2 Å². The number of anilines is 1. The number of carbonyl (C=O) groups excluding carboxylic acids is 1. The highest BCUT2D eigenvalue weighted by Gasteiger charge is 2.51. The van der Waals surface area contributed by atoms with E-state index in [1.807, 2.05) is 19.1 Å². The summed E-state index contributed by atoms with van der Waals surface area (Å²) in [7, 11) is -3.32. The maximum absolute atomic E-state index is 13.0. The van der Waals surface area contributed by atoms with E-state index in [2.05, 4.69) is 38.2 Å². The Morgan fingerprint density at radius 2 is 1.63 bits per heavy atom. The maximum Gasteiger partial charge on any atom is 0.235 e. The molecular formula is C22H27NO3S. The zero-order valence-corrected chi connectivity index (χ0v) is 17.4. The van der Waals surface area contributed by atoms with Crippen LogP contribution in [0.15, 0.2) is 47.4 Å². The van der Waals surface area contributed by atoms with Gasteiger partial charge in [0.05, 0.1) is 10.3 Å². The van der Waals surface area contributed by atoms with Crippen molar-refractivity contribution in [1.82, 2.24) is 0 Å². The molecule has 0 bridgehead atoms. The second kappa shape index (κ2) is 6.48. The molecule has 27 heavy (non-hydrogen) atoms. The minimum absolute atomic E-state index is 0.0697. The molecule has 1 saturated carbocycles. The van der Waals surface area contributed by atoms with Crippen LogP contribution in [0.25, 0.3) is 0 Å². The molecule has 0 atom stereocenters. The quantitative estimate of drug-likeness (QED) is 0.850. The first-order chi connectivity index (χ1) is 12.4. The van der Waals surface area contributed by atoms with Crippen molar-refractivity contribution in [2.45, 2.75) is 56.3 Å². The van der Waals surface area contributed by atoms with E-state index in [0.29, 0.717) is 5.69 Å². The van der Waals surface area contributed by atoms with E-state index in [9.17, 15) is 13.2 Å². The molecule has 4 nitrogen and oxygen atoms in total. The molecule has 1 aliphatic carbocycles. The Balaban J connectivity index is 1.86. The number of hydrogen-bond donors (Lipinski definition) is 1. The molecule has 5 heteroatoms. The third-order valence-corrected chi connectivity index (χ3v) is 6.48. The molecular weight excluding hydrogens is 358 g/mol. The van der Waals surface area contributed by atoms with Gasteiger partial charge in [-0.15, -0.1) is 0 Å². The SMILES string of the molecule is Cc1ccc(S(C)(=O)=O)cc1NC(=O)C1(c2ccc(C(C)(C)C)cc2)CC1. The Labute approximate surface area is 161 Å². The summed E-state index contributed by atoms with van der Waals surface area (Å²) in [6.07, 6.45) is 2.78. The number of hydrogen-bond acceptors (Lipinski definition) is 3. The summed E-state index contributed by atoms with van der Waals surface area (Å²) < 4.78 is 23.6. The number of sulfone groups is 1. The van der Waals surface area contributed by atoms with Gasteiger partial charge in [-0.2, -0.15) is 0 Å². The Morgan fingerprint density at radius 1 is 1.04 bits per heavy atom. The van der Waals surface area contributed by atoms with Gasteiger partial charge in [0.1, 0.15) is 0 Å². The third-order valence-electron chi connectivity index (χ3n) is 5.37. The zero-order valence-electron chi connectivity index (χ0n) is 16.6. The fourth-order valence-electron chi connectivity index (χ4n) is 3.27. The van der Waals surface area contributed by atoms with Gasteiger partial charge in [0, 0.05) is 11.9 Å². The van der Waals surface area contributed by atoms with Gasteiger partial charge >= 0.3 is 0 Å². The number of rotatable bonds is 4. The lowest BCUT2D eigenvalue weighted by Crippen LogP contribution is -2.28. The molecule has 0 unspecified atom stereocenters. The summed E-state index contributed by atoms with van der Waals surface area (Å²) in [6, 6.07) is 13.1. The molecule has 0 aromatic heterocycles. The Morgan fingerprint density at radius 3 is 2.11 bits per heavy atom. The fraction of sp³-hybridized carbons (Fsp3) is 0.409. The van der Waals surface area contributed by atoms with Crippen LogP contribution in [0.4, 0.5) is 5.69 Å². The van der Waals surface area contributed by atoms with Crippen LogP contribution in [0.2, 0.25) is 0 Å². The second-order valence-electron chi connectivity index (χ2n) is 8.61. The topological polar surface area (TPSA) is 63.2 Å². The third kappa shape index (κ3) is 3.93. The van der Waals surface area contributed by atoms with Crippen molar-refractivity contribution in [2.24, 2.45) is 0 Å². The largest absolute Gasteiger partial charge is 0.325 e. The standard InChI is InChI=1S/C22H27NO3S/c1-15-6-11-18(27(5,25)26)14-19(15)23-20(24)22(12-13-22)17-9-7-16(8-10-17)21(2,3)4/h6-11,14H,12-13H2,1-5H3,(H,23,24). The normalized spacial score (nSPS) is 16.0. The van der Waals surface area contributed by atoms with Crippen molar-refractivity contribution in [3.8, 4) is 0 Å². The minimum Gasteiger partial charge on any atom is -0.325 e. The average Bonchev–Trinajstić information content (AvgIpc) is 3.37. The first-order valence-corrected chi connectivity index (χ1v) is 11.1. The smallest absolute Gasteiger partial charge is 0.235 e. The van der Waals surface area contributed by atoms with Gasteiger partial charge < -0.3 is 5.32 Å². The summed E-state index contributed by atoms with van der Waals surface area (Å²) in [4.78, 5) is 13.2. The number of benzene rings is 2. The predicted molar refractivity (Wildman–Crippen MR) is 109 cm³/mol. The molecule has 2 aromatic rings. The number of nitrogens with one attached hydrogen (secondary N) is 1. The van der Waals surface area contributed by atoms with Crippen LogP contribution in [0.5, 0.6) is 0 Å². The van der Waals surface area contributed by atoms with E-state index in [0.717, 1.165) is 24.0 Å². The van der Waals surface area contributed by atoms with Crippen molar-refractivity contribution in [1.29, 1.82) is 0 Å². The lowest BCUT2D eigenvalue weighted by molar-refractivity contribution is -0.118. The number of aryl methyl sites for hydroxylation is 1. The van der Waals surface area contributed by atoms with E-state index >= 15 is 0 Å². The van der Waals surface area contributed by atoms with Crippen LogP contribution in [0.1, 0.15) is 50.3 Å². The molecule has 0 saturated heterocycles. The lowest BCUT2D eigenvalue weighted by Gasteiger charge is -2.21. The van der Waals surface area contributed by atoms with Crippen LogP contribution in [-0.4, -0.2) is 20.6 Å². The van der Waals surface area contributed by atoms with Crippen molar-refractivity contribution in [3.05, 3.63) is 59.2 Å². The highest BCUT2D eigenvalue weighted by molar-refractivity contribution is 7.90. The first kappa shape index (κ1) is 19.6. The number of carbonyl (C=O) groups is 1. The summed E-state index contributed by atoms with van der Waals surface area (Å²) in [5.41, 5.74) is 3.21. The fourth-order valence-corrected chi connectivity index (χ4v) is 3.92. The molecule has 2 aromatic carbocycles. The van der Waals surface area contributed by atoms with Gasteiger partial charge in [-0.05, 0) is 54.0 Å². The van der Waals surface area contributed by atoms with Gasteiger partial charge in [-0.25, -0.2) is 8.42 Å². The Bertz CT molecular complexity index is 979. The molecule has 1 N–H and O–H groups in total. The van der Waals surface area contributed by atoms with E-state index in [1.165, 1.54) is 11.8 Å². The van der Waals surface area contributed by atoms with Gasteiger partial charge in [-0.1, -0.05) is 51.1 Å². The van der Waals surface area contributed by atoms with Crippen LogP contribution < -0.4 is 5.32 Å². The molecule has 3 rings (SSSR count). The van der Waals surface area contributed by atoms with Crippen molar-refractivity contribution >= 4 is 21.4 Å². The van der Waals surface area contributed by atoms with Crippen LogP contribution in [0, 0.1) is 6.92 Å². The van der Waals surface area contributed by atoms with Crippen LogP contribution >= 0.6 is 0 Å². The molecule has 0 radical (unpaired) electrons. The first-order valence-electron chi connectivity index (χ1n) is 9.17. The summed E-state index contributed by atoms with van der Waals surface area (Å²) >= 11 is 0. The molecule has 1 aliphatic rings. The van der Waals surface area contributed by atoms with Crippen LogP contribution in [-0.2, 0) is 25.5 Å². The maximum atomic E-state index is 13.0.